The minimum absolute atomic E-state index is 0.0119. The number of ether oxygens (including phenoxy) is 1. The number of rotatable bonds is 7. The van der Waals surface area contributed by atoms with Crippen LogP contribution in [0.5, 0.6) is 0 Å². The third-order valence-electron chi connectivity index (χ3n) is 3.40. The average Bonchev–Trinajstić information content (AvgIpc) is 3.01. The van der Waals surface area contributed by atoms with Crippen LogP contribution in [0.3, 0.4) is 0 Å². The van der Waals surface area contributed by atoms with Crippen LogP contribution in [0.15, 0.2) is 23.1 Å². The van der Waals surface area contributed by atoms with Crippen LogP contribution in [0.2, 0.25) is 0 Å². The number of hydrogen-bond donors (Lipinski definition) is 2. The van der Waals surface area contributed by atoms with Gasteiger partial charge in [-0.2, -0.15) is 0 Å². The van der Waals surface area contributed by atoms with Crippen molar-refractivity contribution in [2.75, 3.05) is 19.7 Å². The van der Waals surface area contributed by atoms with E-state index in [9.17, 15) is 22.0 Å². The van der Waals surface area contributed by atoms with Gasteiger partial charge in [-0.25, -0.2) is 21.9 Å². The zero-order valence-electron chi connectivity index (χ0n) is 12.3. The molecule has 2 rings (SSSR count). The molecule has 1 fully saturated rings. The molecule has 1 saturated heterocycles. The van der Waals surface area contributed by atoms with Crippen molar-refractivity contribution in [3.63, 3.8) is 0 Å². The number of halogens is 2. The van der Waals surface area contributed by atoms with E-state index in [2.05, 4.69) is 10.0 Å². The summed E-state index contributed by atoms with van der Waals surface area (Å²) in [5.74, 6) is -2.69. The van der Waals surface area contributed by atoms with Crippen molar-refractivity contribution >= 4 is 15.9 Å². The lowest BCUT2D eigenvalue weighted by Gasteiger charge is -2.11. The molecule has 0 aromatic heterocycles. The summed E-state index contributed by atoms with van der Waals surface area (Å²) < 4.78 is 57.2. The SMILES string of the molecule is O=C(CCNS(=O)(=O)c1ccc(F)c(F)c1)NCC1CCCO1. The van der Waals surface area contributed by atoms with Gasteiger partial charge < -0.3 is 10.1 Å². The molecule has 0 radical (unpaired) electrons. The van der Waals surface area contributed by atoms with Gasteiger partial charge in [0.15, 0.2) is 11.6 Å². The summed E-state index contributed by atoms with van der Waals surface area (Å²) in [6, 6.07) is 2.28. The standard InChI is InChI=1S/C14H18F2N2O4S/c15-12-4-3-11(8-13(12)16)23(20,21)18-6-5-14(19)17-9-10-2-1-7-22-10/h3-4,8,10,18H,1-2,5-7,9H2,(H,17,19). The maximum Gasteiger partial charge on any atom is 0.240 e. The van der Waals surface area contributed by atoms with Crippen LogP contribution in [-0.4, -0.2) is 40.1 Å². The van der Waals surface area contributed by atoms with Crippen molar-refractivity contribution < 1.29 is 26.7 Å². The van der Waals surface area contributed by atoms with E-state index in [1.807, 2.05) is 0 Å². The Hall–Kier alpha value is -1.58. The fraction of sp³-hybridized carbons (Fsp3) is 0.500. The van der Waals surface area contributed by atoms with Crippen molar-refractivity contribution in [3.8, 4) is 0 Å². The molecule has 9 heteroatoms. The Labute approximate surface area is 133 Å². The van der Waals surface area contributed by atoms with Gasteiger partial charge in [0.2, 0.25) is 15.9 Å². The molecule has 23 heavy (non-hydrogen) atoms. The second kappa shape index (κ2) is 7.80. The van der Waals surface area contributed by atoms with Crippen LogP contribution in [0, 0.1) is 11.6 Å². The quantitative estimate of drug-likeness (QED) is 0.768. The van der Waals surface area contributed by atoms with Gasteiger partial charge in [-0.15, -0.1) is 0 Å². The van der Waals surface area contributed by atoms with E-state index in [1.54, 1.807) is 0 Å². The lowest BCUT2D eigenvalue weighted by Crippen LogP contribution is -2.34. The molecule has 1 aliphatic heterocycles. The lowest BCUT2D eigenvalue weighted by atomic mass is 10.2. The lowest BCUT2D eigenvalue weighted by molar-refractivity contribution is -0.121. The Morgan fingerprint density at radius 1 is 1.30 bits per heavy atom. The summed E-state index contributed by atoms with van der Waals surface area (Å²) in [5, 5.41) is 2.66. The van der Waals surface area contributed by atoms with E-state index in [4.69, 9.17) is 4.74 Å². The number of carbonyl (C=O) groups excluding carboxylic acids is 1. The summed E-state index contributed by atoms with van der Waals surface area (Å²) in [5.41, 5.74) is 0. The summed E-state index contributed by atoms with van der Waals surface area (Å²) in [4.78, 5) is 11.2. The summed E-state index contributed by atoms with van der Waals surface area (Å²) in [6.07, 6.45) is 1.81. The van der Waals surface area contributed by atoms with Crippen LogP contribution in [-0.2, 0) is 19.6 Å². The molecular formula is C14H18F2N2O4S. The van der Waals surface area contributed by atoms with Crippen molar-refractivity contribution in [2.24, 2.45) is 0 Å². The first-order chi connectivity index (χ1) is 10.9. The first kappa shape index (κ1) is 17.8. The second-order valence-corrected chi connectivity index (χ2v) is 6.93. The van der Waals surface area contributed by atoms with E-state index in [0.29, 0.717) is 19.2 Å². The van der Waals surface area contributed by atoms with E-state index in [-0.39, 0.29) is 25.0 Å². The Bertz CT molecular complexity index is 661. The molecule has 0 bridgehead atoms. The molecule has 1 amide bonds. The summed E-state index contributed by atoms with van der Waals surface area (Å²) in [6.45, 7) is 0.946. The number of sulfonamides is 1. The van der Waals surface area contributed by atoms with Crippen molar-refractivity contribution in [1.82, 2.24) is 10.0 Å². The third kappa shape index (κ3) is 5.22. The Kier molecular flexibility index (Phi) is 6.03. The molecule has 2 N–H and O–H groups in total. The number of nitrogens with one attached hydrogen (secondary N) is 2. The summed E-state index contributed by atoms with van der Waals surface area (Å²) in [7, 11) is -3.99. The van der Waals surface area contributed by atoms with E-state index in [1.165, 1.54) is 0 Å². The highest BCUT2D eigenvalue weighted by Crippen LogP contribution is 2.13. The maximum atomic E-state index is 13.1. The predicted octanol–water partition coefficient (Wildman–Crippen LogP) is 0.928. The van der Waals surface area contributed by atoms with Gasteiger partial charge in [0.05, 0.1) is 11.0 Å². The molecule has 1 unspecified atom stereocenters. The Morgan fingerprint density at radius 2 is 2.09 bits per heavy atom. The molecule has 1 atom stereocenters. The number of amides is 1. The first-order valence-electron chi connectivity index (χ1n) is 7.21. The zero-order chi connectivity index (χ0) is 16.9. The molecule has 1 aliphatic rings. The monoisotopic (exact) mass is 348 g/mol. The number of hydrogen-bond acceptors (Lipinski definition) is 4. The van der Waals surface area contributed by atoms with Gasteiger partial charge in [0, 0.05) is 26.1 Å². The van der Waals surface area contributed by atoms with Crippen LogP contribution < -0.4 is 10.0 Å². The minimum atomic E-state index is -3.99. The highest BCUT2D eigenvalue weighted by molar-refractivity contribution is 7.89. The zero-order valence-corrected chi connectivity index (χ0v) is 13.2. The molecule has 0 saturated carbocycles. The maximum absolute atomic E-state index is 13.1. The van der Waals surface area contributed by atoms with E-state index >= 15 is 0 Å². The van der Waals surface area contributed by atoms with Crippen molar-refractivity contribution in [1.29, 1.82) is 0 Å². The van der Waals surface area contributed by atoms with Gasteiger partial charge in [-0.3, -0.25) is 4.79 Å². The minimum Gasteiger partial charge on any atom is -0.376 e. The Balaban J connectivity index is 1.77. The van der Waals surface area contributed by atoms with Gasteiger partial charge in [-0.05, 0) is 31.0 Å². The molecule has 128 valence electrons. The van der Waals surface area contributed by atoms with Crippen LogP contribution >= 0.6 is 0 Å². The van der Waals surface area contributed by atoms with Gasteiger partial charge in [0.1, 0.15) is 0 Å². The molecule has 1 aromatic carbocycles. The van der Waals surface area contributed by atoms with Gasteiger partial charge >= 0.3 is 0 Å². The largest absolute Gasteiger partial charge is 0.376 e. The van der Waals surface area contributed by atoms with Crippen LogP contribution in [0.1, 0.15) is 19.3 Å². The molecule has 0 spiro atoms. The van der Waals surface area contributed by atoms with E-state index in [0.717, 1.165) is 25.0 Å². The van der Waals surface area contributed by atoms with Crippen molar-refractivity contribution in [3.05, 3.63) is 29.8 Å². The van der Waals surface area contributed by atoms with Crippen LogP contribution in [0.4, 0.5) is 8.78 Å². The fourth-order valence-corrected chi connectivity index (χ4v) is 3.19. The molecule has 1 heterocycles. The molecule has 1 aromatic rings. The number of benzene rings is 1. The Morgan fingerprint density at radius 3 is 2.74 bits per heavy atom. The fourth-order valence-electron chi connectivity index (χ4n) is 2.15. The van der Waals surface area contributed by atoms with Crippen LogP contribution in [0.25, 0.3) is 0 Å². The number of carbonyl (C=O) groups is 1. The second-order valence-electron chi connectivity index (χ2n) is 5.16. The average molecular weight is 348 g/mol. The molecule has 6 nitrogen and oxygen atoms in total. The van der Waals surface area contributed by atoms with Gasteiger partial charge in [-0.1, -0.05) is 0 Å². The molecular weight excluding hydrogens is 330 g/mol. The normalized spacial score (nSPS) is 18.1. The predicted molar refractivity (Wildman–Crippen MR) is 78.1 cm³/mol. The highest BCUT2D eigenvalue weighted by atomic mass is 32.2. The summed E-state index contributed by atoms with van der Waals surface area (Å²) >= 11 is 0. The van der Waals surface area contributed by atoms with Gasteiger partial charge in [0.25, 0.3) is 0 Å². The topological polar surface area (TPSA) is 84.5 Å². The molecule has 0 aliphatic carbocycles. The van der Waals surface area contributed by atoms with Crippen molar-refractivity contribution in [2.45, 2.75) is 30.3 Å². The smallest absolute Gasteiger partial charge is 0.240 e. The third-order valence-corrected chi connectivity index (χ3v) is 4.86. The first-order valence-corrected chi connectivity index (χ1v) is 8.70. The highest BCUT2D eigenvalue weighted by Gasteiger charge is 2.18. The van der Waals surface area contributed by atoms with E-state index < -0.39 is 26.6 Å².